The van der Waals surface area contributed by atoms with Crippen LogP contribution in [0.2, 0.25) is 0 Å². The lowest BCUT2D eigenvalue weighted by Crippen LogP contribution is -2.39. The molecule has 0 atom stereocenters. The van der Waals surface area contributed by atoms with E-state index in [4.69, 9.17) is 23.5 Å². The molecule has 0 fully saturated rings. The lowest BCUT2D eigenvalue weighted by atomic mass is 9.49. The second kappa shape index (κ2) is 4.89. The molecule has 1 aromatic heterocycles. The normalized spacial score (nSPS) is 16.3. The molecule has 0 aliphatic carbocycles. The smallest absolute Gasteiger partial charge is 0.311 e. The second-order valence-electron chi connectivity index (χ2n) is 6.22. The van der Waals surface area contributed by atoms with E-state index in [9.17, 15) is 8.78 Å². The Bertz CT molecular complexity index is 766. The number of alkyl halides is 2. The minimum absolute atomic E-state index is 0.0875. The number of nitrogens with zero attached hydrogens (tertiary/aromatic N) is 3. The van der Waals surface area contributed by atoms with Crippen LogP contribution < -0.4 is 4.90 Å². The van der Waals surface area contributed by atoms with Crippen LogP contribution in [0.1, 0.15) is 30.9 Å². The van der Waals surface area contributed by atoms with Gasteiger partial charge in [-0.05, 0) is 16.7 Å². The molecule has 0 N–H and O–H groups in total. The summed E-state index contributed by atoms with van der Waals surface area (Å²) in [6.45, 7) is 3.92. The fraction of sp³-hybridized carbons (Fsp3) is 0.400. The Morgan fingerprint density at radius 3 is 2.43 bits per heavy atom. The number of anilines is 1. The van der Waals surface area contributed by atoms with E-state index >= 15 is 0 Å². The Morgan fingerprint density at radius 2 is 1.87 bits per heavy atom. The highest BCUT2D eigenvalue weighted by atomic mass is 19.3. The number of para-hydroxylation sites is 1. The molecule has 3 nitrogen and oxygen atoms in total. The van der Waals surface area contributed by atoms with Gasteiger partial charge in [0.25, 0.3) is 0 Å². The lowest BCUT2D eigenvalue weighted by Gasteiger charge is -2.36. The van der Waals surface area contributed by atoms with Crippen molar-refractivity contribution in [3.63, 3.8) is 0 Å². The first kappa shape index (κ1) is 16.2. The van der Waals surface area contributed by atoms with Gasteiger partial charge < -0.3 is 4.90 Å². The van der Waals surface area contributed by atoms with Crippen LogP contribution in [0.3, 0.4) is 0 Å². The van der Waals surface area contributed by atoms with Crippen molar-refractivity contribution in [3.05, 3.63) is 35.5 Å². The number of halogens is 2. The average molecular weight is 307 g/mol. The Hall–Kier alpha value is -1.72. The molecule has 0 unspecified atom stereocenters. The second-order valence-corrected chi connectivity index (χ2v) is 6.22. The quantitative estimate of drug-likeness (QED) is 0.627. The Kier molecular flexibility index (Phi) is 3.43. The van der Waals surface area contributed by atoms with Crippen molar-refractivity contribution < 1.29 is 8.78 Å². The summed E-state index contributed by atoms with van der Waals surface area (Å²) in [6.07, 6.45) is 1.11. The van der Waals surface area contributed by atoms with Crippen molar-refractivity contribution in [2.24, 2.45) is 0 Å². The molecule has 8 heteroatoms. The van der Waals surface area contributed by atoms with Crippen molar-refractivity contribution in [3.8, 4) is 11.3 Å². The van der Waals surface area contributed by atoms with Gasteiger partial charge in [0.05, 0.1) is 34.8 Å². The molecule has 23 heavy (non-hydrogen) atoms. The van der Waals surface area contributed by atoms with Gasteiger partial charge in [-0.3, -0.25) is 4.68 Å². The molecule has 0 bridgehead atoms. The molecule has 0 spiro atoms. The van der Waals surface area contributed by atoms with Gasteiger partial charge >= 0.3 is 6.05 Å². The van der Waals surface area contributed by atoms with E-state index < -0.39 is 11.3 Å². The van der Waals surface area contributed by atoms with Gasteiger partial charge in [0, 0.05) is 18.8 Å². The number of rotatable bonds is 2. The van der Waals surface area contributed by atoms with Crippen LogP contribution in [0, 0.1) is 0 Å². The topological polar surface area (TPSA) is 21.1 Å². The van der Waals surface area contributed by atoms with E-state index in [2.05, 4.69) is 5.10 Å². The van der Waals surface area contributed by atoms with Gasteiger partial charge in [-0.1, -0.05) is 32.0 Å². The third-order valence-corrected chi connectivity index (χ3v) is 4.14. The van der Waals surface area contributed by atoms with Crippen molar-refractivity contribution in [1.82, 2.24) is 9.78 Å². The molecule has 0 amide bonds. The highest BCUT2D eigenvalue weighted by molar-refractivity contribution is 6.56. The van der Waals surface area contributed by atoms with Crippen molar-refractivity contribution >= 4 is 29.2 Å². The molecular weight excluding hydrogens is 293 g/mol. The summed E-state index contributed by atoms with van der Waals surface area (Å²) in [5.74, 6) is 0.0875. The van der Waals surface area contributed by atoms with Crippen LogP contribution in [-0.2, 0) is 11.3 Å². The predicted octanol–water partition coefficient (Wildman–Crippen LogP) is 2.25. The van der Waals surface area contributed by atoms with Gasteiger partial charge in [0.1, 0.15) is 5.69 Å². The monoisotopic (exact) mass is 307 g/mol. The molecule has 0 saturated carbocycles. The van der Waals surface area contributed by atoms with Crippen molar-refractivity contribution in [2.75, 3.05) is 11.9 Å². The average Bonchev–Trinajstić information content (AvgIpc) is 2.90. The summed E-state index contributed by atoms with van der Waals surface area (Å²) in [6, 6.07) is 2.19. The van der Waals surface area contributed by atoms with Gasteiger partial charge in [-0.2, -0.15) is 13.9 Å². The molecule has 1 aliphatic heterocycles. The summed E-state index contributed by atoms with van der Waals surface area (Å²) in [4.78, 5) is 0.969. The standard InChI is InChI=1S/C15H14B3F2N3/c1-8(2)9-5-4-6-10-12-11(7-23(21-12)15(16,17)18)14(19,20)22(3)13(9)10/h4-8H,1-3H3. The number of aromatic nitrogens is 2. The Balaban J connectivity index is 2.34. The number of hydrogen-bond donors (Lipinski definition) is 0. The Morgan fingerprint density at radius 1 is 1.22 bits per heavy atom. The van der Waals surface area contributed by atoms with Crippen LogP contribution in [-0.4, -0.2) is 40.4 Å². The van der Waals surface area contributed by atoms with Crippen molar-refractivity contribution in [1.29, 1.82) is 0 Å². The highest BCUT2D eigenvalue weighted by Crippen LogP contribution is 2.50. The maximum absolute atomic E-state index is 14.9. The Labute approximate surface area is 138 Å². The van der Waals surface area contributed by atoms with E-state index in [0.29, 0.717) is 11.3 Å². The summed E-state index contributed by atoms with van der Waals surface area (Å²) in [5, 5.41) is 2.28. The summed E-state index contributed by atoms with van der Waals surface area (Å²) >= 11 is 0. The summed E-state index contributed by atoms with van der Waals surface area (Å²) in [5.41, 5.74) is 1.78. The molecule has 3 rings (SSSR count). The van der Waals surface area contributed by atoms with Gasteiger partial charge in [-0.15, -0.1) is 0 Å². The minimum Gasteiger partial charge on any atom is -0.311 e. The van der Waals surface area contributed by atoms with Crippen LogP contribution in [0.15, 0.2) is 24.4 Å². The first-order valence-electron chi connectivity index (χ1n) is 7.27. The van der Waals surface area contributed by atoms with Crippen LogP contribution in [0.4, 0.5) is 14.5 Å². The maximum Gasteiger partial charge on any atom is 0.356 e. The zero-order valence-corrected chi connectivity index (χ0v) is 13.2. The van der Waals surface area contributed by atoms with E-state index in [0.717, 1.165) is 21.3 Å². The van der Waals surface area contributed by atoms with Gasteiger partial charge in [-0.25, -0.2) is 0 Å². The van der Waals surface area contributed by atoms with Crippen LogP contribution in [0.25, 0.3) is 11.3 Å². The number of hydrogen-bond acceptors (Lipinski definition) is 2. The highest BCUT2D eigenvalue weighted by Gasteiger charge is 2.47. The van der Waals surface area contributed by atoms with Gasteiger partial charge in [0.15, 0.2) is 0 Å². The van der Waals surface area contributed by atoms with Crippen LogP contribution in [0.5, 0.6) is 0 Å². The van der Waals surface area contributed by atoms with Gasteiger partial charge in [0.2, 0.25) is 0 Å². The van der Waals surface area contributed by atoms with E-state index in [1.165, 1.54) is 7.05 Å². The summed E-state index contributed by atoms with van der Waals surface area (Å²) < 4.78 is 30.7. The zero-order valence-electron chi connectivity index (χ0n) is 13.2. The minimum atomic E-state index is -3.24. The first-order valence-corrected chi connectivity index (χ1v) is 7.27. The van der Waals surface area contributed by atoms with E-state index in [-0.39, 0.29) is 17.2 Å². The number of fused-ring (bicyclic) bond motifs is 3. The molecule has 1 aliphatic rings. The maximum atomic E-state index is 14.9. The molecule has 2 aromatic rings. The largest absolute Gasteiger partial charge is 0.356 e. The van der Waals surface area contributed by atoms with Crippen molar-refractivity contribution in [2.45, 2.75) is 31.0 Å². The third-order valence-electron chi connectivity index (χ3n) is 4.14. The van der Waals surface area contributed by atoms with E-state index in [1.54, 1.807) is 6.07 Å². The summed E-state index contributed by atoms with van der Waals surface area (Å²) in [7, 11) is 18.1. The molecule has 1 aromatic carbocycles. The SMILES string of the molecule is [B]C([B])([B])n1cc2c(n1)-c1cccc(C(C)C)c1N(C)C2(F)F. The third kappa shape index (κ3) is 2.30. The van der Waals surface area contributed by atoms with Crippen LogP contribution >= 0.6 is 0 Å². The fourth-order valence-electron chi connectivity index (χ4n) is 2.91. The molecule has 112 valence electrons. The molecule has 0 saturated heterocycles. The molecule has 6 radical (unpaired) electrons. The lowest BCUT2D eigenvalue weighted by molar-refractivity contribution is -0.00366. The fourth-order valence-corrected chi connectivity index (χ4v) is 2.91. The van der Waals surface area contributed by atoms with E-state index in [1.807, 2.05) is 26.0 Å². The first-order chi connectivity index (χ1) is 10.5. The molecule has 2 heterocycles. The number of benzene rings is 1. The zero-order chi connectivity index (χ0) is 17.2. The predicted molar refractivity (Wildman–Crippen MR) is 89.3 cm³/mol. The molecular formula is C15H14B3F2N3.